The number of fused-ring (bicyclic) bond motifs is 9. The molecule has 9 aromatic carbocycles. The summed E-state index contributed by atoms with van der Waals surface area (Å²) >= 11 is 1.88. The van der Waals surface area contributed by atoms with Crippen LogP contribution < -0.4 is 0 Å². The third-order valence-electron chi connectivity index (χ3n) is 16.9. The summed E-state index contributed by atoms with van der Waals surface area (Å²) in [7, 11) is 0. The van der Waals surface area contributed by atoms with Crippen molar-refractivity contribution in [1.82, 2.24) is 4.57 Å². The lowest BCUT2D eigenvalue weighted by atomic mass is 9.70. The summed E-state index contributed by atoms with van der Waals surface area (Å²) in [6, 6.07) is 72.5. The van der Waals surface area contributed by atoms with E-state index in [0.717, 1.165) is 0 Å². The Morgan fingerprint density at radius 1 is 0.347 bits per heavy atom. The molecule has 1 aliphatic carbocycles. The summed E-state index contributed by atoms with van der Waals surface area (Å²) in [5.74, 6) is 0. The monoisotopic (exact) mass is 994 g/mol. The van der Waals surface area contributed by atoms with Crippen LogP contribution >= 0.6 is 11.3 Å². The van der Waals surface area contributed by atoms with E-state index < -0.39 is 0 Å². The SMILES string of the molecule is CCCCCCCCC1(CCCCCCCC)c2cc(-c3ccc(-c4ccc(C)cc4)cc3)ccc2-c2ccc(-c3cc(C)cc(-n4c5ccccc5c5cc(-c6ccc7sc8ccccc8c7c6)ccc54)c3)cc21. The number of thiophene rings is 1. The van der Waals surface area contributed by atoms with E-state index in [9.17, 15) is 0 Å². The van der Waals surface area contributed by atoms with Crippen molar-refractivity contribution in [1.29, 1.82) is 0 Å². The van der Waals surface area contributed by atoms with Gasteiger partial charge in [-0.15, -0.1) is 11.3 Å². The molecule has 2 aromatic heterocycles. The van der Waals surface area contributed by atoms with E-state index in [1.807, 2.05) is 11.3 Å². The van der Waals surface area contributed by atoms with Crippen LogP contribution in [0.2, 0.25) is 0 Å². The molecule has 0 atom stereocenters. The van der Waals surface area contributed by atoms with Gasteiger partial charge in [0.05, 0.1) is 11.0 Å². The zero-order valence-electron chi connectivity index (χ0n) is 44.7. The molecule has 0 fully saturated rings. The molecule has 0 radical (unpaired) electrons. The highest BCUT2D eigenvalue weighted by Gasteiger charge is 2.42. The van der Waals surface area contributed by atoms with E-state index in [-0.39, 0.29) is 5.41 Å². The van der Waals surface area contributed by atoms with Gasteiger partial charge in [0.2, 0.25) is 0 Å². The molecule has 0 aliphatic heterocycles. The molecule has 1 nitrogen and oxygen atoms in total. The Bertz CT molecular complexity index is 3810. The molecule has 1 aliphatic rings. The Kier molecular flexibility index (Phi) is 13.9. The molecule has 11 aromatic rings. The van der Waals surface area contributed by atoms with Gasteiger partial charge in [-0.25, -0.2) is 0 Å². The molecule has 75 heavy (non-hydrogen) atoms. The first-order chi connectivity index (χ1) is 36.9. The Morgan fingerprint density at radius 3 is 1.49 bits per heavy atom. The van der Waals surface area contributed by atoms with Crippen LogP contribution in [0, 0.1) is 13.8 Å². The van der Waals surface area contributed by atoms with E-state index in [4.69, 9.17) is 0 Å². The second-order valence-electron chi connectivity index (χ2n) is 22.0. The predicted molar refractivity (Wildman–Crippen MR) is 327 cm³/mol. The summed E-state index contributed by atoms with van der Waals surface area (Å²) in [6.45, 7) is 9.10. The van der Waals surface area contributed by atoms with Gasteiger partial charge in [-0.2, -0.15) is 0 Å². The average molecular weight is 994 g/mol. The van der Waals surface area contributed by atoms with Gasteiger partial charge >= 0.3 is 0 Å². The van der Waals surface area contributed by atoms with Crippen molar-refractivity contribution in [3.8, 4) is 61.3 Å². The molecule has 0 bridgehead atoms. The zero-order valence-corrected chi connectivity index (χ0v) is 45.5. The van der Waals surface area contributed by atoms with Crippen LogP contribution in [0.25, 0.3) is 103 Å². The molecule has 0 N–H and O–H groups in total. The maximum Gasteiger partial charge on any atom is 0.0541 e. The molecule has 2 heterocycles. The third-order valence-corrected chi connectivity index (χ3v) is 18.1. The van der Waals surface area contributed by atoms with Crippen LogP contribution in [-0.2, 0) is 5.41 Å². The smallest absolute Gasteiger partial charge is 0.0541 e. The van der Waals surface area contributed by atoms with Crippen LogP contribution in [0.1, 0.15) is 126 Å². The number of nitrogens with zero attached hydrogens (tertiary/aromatic N) is 1. The van der Waals surface area contributed by atoms with E-state index in [1.54, 1.807) is 11.1 Å². The molecule has 12 rings (SSSR count). The van der Waals surface area contributed by atoms with Gasteiger partial charge in [-0.3, -0.25) is 0 Å². The number of aryl methyl sites for hydroxylation is 2. The lowest BCUT2D eigenvalue weighted by molar-refractivity contribution is 0.398. The van der Waals surface area contributed by atoms with Crippen molar-refractivity contribution in [2.75, 3.05) is 0 Å². The second kappa shape index (κ2) is 21.3. The lowest BCUT2D eigenvalue weighted by Gasteiger charge is -2.33. The Morgan fingerprint density at radius 2 is 0.827 bits per heavy atom. The average Bonchev–Trinajstić information content (AvgIpc) is 4.11. The second-order valence-corrected chi connectivity index (χ2v) is 23.1. The van der Waals surface area contributed by atoms with Crippen LogP contribution in [0.5, 0.6) is 0 Å². The molecule has 2 heteroatoms. The van der Waals surface area contributed by atoms with Crippen LogP contribution in [0.15, 0.2) is 188 Å². The van der Waals surface area contributed by atoms with Crippen molar-refractivity contribution < 1.29 is 0 Å². The largest absolute Gasteiger partial charge is 0.309 e. The van der Waals surface area contributed by atoms with E-state index in [0.29, 0.717) is 0 Å². The molecule has 374 valence electrons. The Labute approximate surface area is 449 Å². The number of para-hydroxylation sites is 1. The topological polar surface area (TPSA) is 4.93 Å². The molecule has 0 unspecified atom stereocenters. The molecule has 0 saturated heterocycles. The molecule has 0 amide bonds. The Balaban J connectivity index is 0.941. The van der Waals surface area contributed by atoms with Crippen LogP contribution in [0.3, 0.4) is 0 Å². The van der Waals surface area contributed by atoms with Gasteiger partial charge in [0, 0.05) is 42.0 Å². The normalized spacial score (nSPS) is 12.9. The first kappa shape index (κ1) is 48.9. The highest BCUT2D eigenvalue weighted by atomic mass is 32.1. The standard InChI is InChI=1S/C73H71NS/c1-5-7-9-11-13-19-41-73(42-20-14-12-10-8-6-2)67-48-57(54-31-29-53(30-32-54)52-27-25-50(3)26-28-52)33-37-61(67)62-38-34-58(49-68(62)73)59-43-51(4)44-60(45-59)74-69-23-17-15-21-63(69)65-46-55(35-39-70(65)74)56-36-40-72-66(47-56)64-22-16-18-24-71(64)75-72/h15-18,21-40,43-49H,5-14,19-20,41-42H2,1-4H3. The van der Waals surface area contributed by atoms with Crippen molar-refractivity contribution in [3.63, 3.8) is 0 Å². The number of rotatable bonds is 19. The zero-order chi connectivity index (χ0) is 50.9. The van der Waals surface area contributed by atoms with Crippen molar-refractivity contribution in [2.45, 2.75) is 123 Å². The highest BCUT2D eigenvalue weighted by molar-refractivity contribution is 7.25. The van der Waals surface area contributed by atoms with Gasteiger partial charge in [-0.1, -0.05) is 224 Å². The van der Waals surface area contributed by atoms with Gasteiger partial charge in [0.25, 0.3) is 0 Å². The molecular formula is C73H71NS. The first-order valence-electron chi connectivity index (χ1n) is 28.4. The number of benzene rings is 9. The maximum atomic E-state index is 2.64. The minimum absolute atomic E-state index is 0.0493. The minimum atomic E-state index is -0.0493. The van der Waals surface area contributed by atoms with E-state index in [2.05, 4.69) is 220 Å². The van der Waals surface area contributed by atoms with Crippen molar-refractivity contribution in [2.24, 2.45) is 0 Å². The fraction of sp³-hybridized carbons (Fsp3) is 0.260. The number of hydrogen-bond donors (Lipinski definition) is 0. The fourth-order valence-corrected chi connectivity index (χ4v) is 14.0. The fourth-order valence-electron chi connectivity index (χ4n) is 12.9. The lowest BCUT2D eigenvalue weighted by Crippen LogP contribution is -2.25. The molecule has 0 saturated carbocycles. The van der Waals surface area contributed by atoms with Gasteiger partial charge < -0.3 is 4.57 Å². The third kappa shape index (κ3) is 9.46. The quantitative estimate of drug-likeness (QED) is 0.0712. The maximum absolute atomic E-state index is 2.64. The van der Waals surface area contributed by atoms with E-state index >= 15 is 0 Å². The molecule has 0 spiro atoms. The van der Waals surface area contributed by atoms with E-state index in [1.165, 1.54) is 204 Å². The summed E-state index contributed by atoms with van der Waals surface area (Å²) in [4.78, 5) is 0. The summed E-state index contributed by atoms with van der Waals surface area (Å²) in [5.41, 5.74) is 22.4. The number of aromatic nitrogens is 1. The number of unbranched alkanes of at least 4 members (excludes halogenated alkanes) is 10. The predicted octanol–water partition coefficient (Wildman–Crippen LogP) is 22.2. The summed E-state index contributed by atoms with van der Waals surface area (Å²) < 4.78 is 5.20. The molecular weight excluding hydrogens is 923 g/mol. The minimum Gasteiger partial charge on any atom is -0.309 e. The van der Waals surface area contributed by atoms with Gasteiger partial charge in [0.1, 0.15) is 0 Å². The van der Waals surface area contributed by atoms with Gasteiger partial charge in [0.15, 0.2) is 0 Å². The van der Waals surface area contributed by atoms with Crippen molar-refractivity contribution >= 4 is 53.3 Å². The number of hydrogen-bond acceptors (Lipinski definition) is 1. The first-order valence-corrected chi connectivity index (χ1v) is 29.2. The summed E-state index contributed by atoms with van der Waals surface area (Å²) in [6.07, 6.45) is 18.0. The summed E-state index contributed by atoms with van der Waals surface area (Å²) in [5, 5.41) is 5.25. The van der Waals surface area contributed by atoms with Crippen molar-refractivity contribution in [3.05, 3.63) is 210 Å². The van der Waals surface area contributed by atoms with Crippen LogP contribution in [0.4, 0.5) is 0 Å². The van der Waals surface area contributed by atoms with Gasteiger partial charge in [-0.05, 0) is 160 Å². The highest BCUT2D eigenvalue weighted by Crippen LogP contribution is 2.56. The van der Waals surface area contributed by atoms with Crippen LogP contribution in [-0.4, -0.2) is 4.57 Å². The Hall–Kier alpha value is -7.00.